The number of hydrogen-bond acceptors (Lipinski definition) is 6. The molecule has 0 aliphatic rings. The van der Waals surface area contributed by atoms with Gasteiger partial charge in [-0.2, -0.15) is 0 Å². The highest BCUT2D eigenvalue weighted by molar-refractivity contribution is 5.71. The quantitative estimate of drug-likeness (QED) is 0.0262. The molecule has 0 amide bonds. The molecule has 358 valence electrons. The van der Waals surface area contributed by atoms with Gasteiger partial charge in [-0.05, 0) is 77.0 Å². The third kappa shape index (κ3) is 48.1. The van der Waals surface area contributed by atoms with Gasteiger partial charge >= 0.3 is 17.9 Å². The lowest BCUT2D eigenvalue weighted by atomic mass is 10.0. The van der Waals surface area contributed by atoms with E-state index in [2.05, 4.69) is 81.5 Å². The Balaban J connectivity index is 4.43. The van der Waals surface area contributed by atoms with E-state index in [1.807, 2.05) is 0 Å². The van der Waals surface area contributed by atoms with Crippen molar-refractivity contribution in [2.75, 3.05) is 13.2 Å². The summed E-state index contributed by atoms with van der Waals surface area (Å²) >= 11 is 0. The van der Waals surface area contributed by atoms with Crippen LogP contribution in [0, 0.1) is 0 Å². The zero-order valence-corrected chi connectivity index (χ0v) is 40.9. The Labute approximate surface area is 383 Å². The van der Waals surface area contributed by atoms with E-state index in [0.717, 1.165) is 70.6 Å². The second-order valence-electron chi connectivity index (χ2n) is 17.4. The molecule has 0 saturated heterocycles. The number of rotatable bonds is 47. The van der Waals surface area contributed by atoms with Crippen molar-refractivity contribution in [3.8, 4) is 0 Å². The number of allylic oxidation sites excluding steroid dienone is 10. The molecule has 0 fully saturated rings. The van der Waals surface area contributed by atoms with Crippen LogP contribution in [0.4, 0.5) is 0 Å². The molecule has 0 heterocycles. The summed E-state index contributed by atoms with van der Waals surface area (Å²) in [5, 5.41) is 0. The SMILES string of the molecule is CCCC/C=C\CCCCCCCC(=O)OCC(COC(=O)CCC/C=C\C/C=C\C/C=C\C/C=C\CCCCC)OC(=O)CCCCCCCCCCCCCCCCCC. The van der Waals surface area contributed by atoms with Gasteiger partial charge in [0.15, 0.2) is 6.10 Å². The van der Waals surface area contributed by atoms with Gasteiger partial charge in [0.1, 0.15) is 13.2 Å². The minimum atomic E-state index is -0.796. The topological polar surface area (TPSA) is 78.9 Å². The van der Waals surface area contributed by atoms with E-state index in [4.69, 9.17) is 14.2 Å². The molecule has 0 radical (unpaired) electrons. The van der Waals surface area contributed by atoms with Crippen LogP contribution in [-0.2, 0) is 28.6 Å². The van der Waals surface area contributed by atoms with Crippen molar-refractivity contribution in [3.05, 3.63) is 60.8 Å². The molecule has 0 aromatic rings. The number of ether oxygens (including phenoxy) is 3. The fourth-order valence-corrected chi connectivity index (χ4v) is 7.24. The third-order valence-electron chi connectivity index (χ3n) is 11.2. The number of unbranched alkanes of at least 4 members (excludes halogenated alkanes) is 26. The van der Waals surface area contributed by atoms with Crippen LogP contribution in [0.25, 0.3) is 0 Å². The first-order chi connectivity index (χ1) is 30.5. The van der Waals surface area contributed by atoms with Crippen molar-refractivity contribution >= 4 is 17.9 Å². The van der Waals surface area contributed by atoms with Crippen LogP contribution >= 0.6 is 0 Å². The van der Waals surface area contributed by atoms with E-state index >= 15 is 0 Å². The summed E-state index contributed by atoms with van der Waals surface area (Å²) in [6, 6.07) is 0. The Morgan fingerprint density at radius 2 is 0.613 bits per heavy atom. The van der Waals surface area contributed by atoms with Gasteiger partial charge in [0.05, 0.1) is 0 Å². The van der Waals surface area contributed by atoms with E-state index in [1.54, 1.807) is 0 Å². The lowest BCUT2D eigenvalue weighted by molar-refractivity contribution is -0.167. The summed E-state index contributed by atoms with van der Waals surface area (Å²) in [5.74, 6) is -0.955. The first-order valence-electron chi connectivity index (χ1n) is 26.3. The summed E-state index contributed by atoms with van der Waals surface area (Å²) in [6.45, 7) is 6.53. The van der Waals surface area contributed by atoms with Crippen LogP contribution in [0.5, 0.6) is 0 Å². The molecule has 62 heavy (non-hydrogen) atoms. The molecule has 1 atom stereocenters. The minimum absolute atomic E-state index is 0.0939. The molecule has 0 saturated carbocycles. The Morgan fingerprint density at radius 3 is 1.06 bits per heavy atom. The largest absolute Gasteiger partial charge is 0.462 e. The Hall–Kier alpha value is -2.89. The minimum Gasteiger partial charge on any atom is -0.462 e. The molecule has 0 bridgehead atoms. The van der Waals surface area contributed by atoms with Crippen molar-refractivity contribution in [3.63, 3.8) is 0 Å². The monoisotopic (exact) mass is 867 g/mol. The lowest BCUT2D eigenvalue weighted by Crippen LogP contribution is -2.30. The Bertz CT molecular complexity index is 1130. The fourth-order valence-electron chi connectivity index (χ4n) is 7.24. The standard InChI is InChI=1S/C56H98O6/c1-4-7-10-13-16-19-22-24-26-28-30-31-34-37-40-43-46-49-55(58)61-52-53(51-60-54(57)48-45-42-39-36-33-21-18-15-12-9-6-3)62-56(59)50-47-44-41-38-35-32-29-27-25-23-20-17-14-11-8-5-2/h15-16,18-19,24,26,30-31,37,40,53H,4-14,17,20-23,25,27-29,32-36,38-39,41-52H2,1-3H3/b18-15-,19-16-,26-24-,31-30-,40-37-. The predicted molar refractivity (Wildman–Crippen MR) is 265 cm³/mol. The maximum absolute atomic E-state index is 12.8. The molecule has 0 aromatic heterocycles. The second-order valence-corrected chi connectivity index (χ2v) is 17.4. The van der Waals surface area contributed by atoms with E-state index in [1.165, 1.54) is 141 Å². The van der Waals surface area contributed by atoms with Gasteiger partial charge in [0.25, 0.3) is 0 Å². The first kappa shape index (κ1) is 59.1. The van der Waals surface area contributed by atoms with Crippen LogP contribution in [0.2, 0.25) is 0 Å². The van der Waals surface area contributed by atoms with E-state index in [9.17, 15) is 14.4 Å². The van der Waals surface area contributed by atoms with Crippen molar-refractivity contribution in [1.29, 1.82) is 0 Å². The number of carbonyl (C=O) groups is 3. The molecule has 0 aromatic carbocycles. The molecular formula is C56H98O6. The fraction of sp³-hybridized carbons (Fsp3) is 0.768. The summed E-state index contributed by atoms with van der Waals surface area (Å²) < 4.78 is 16.7. The number of carbonyl (C=O) groups excluding carboxylic acids is 3. The van der Waals surface area contributed by atoms with Gasteiger partial charge in [-0.3, -0.25) is 14.4 Å². The maximum Gasteiger partial charge on any atom is 0.306 e. The number of hydrogen-bond donors (Lipinski definition) is 0. The summed E-state index contributed by atoms with van der Waals surface area (Å²) in [4.78, 5) is 37.9. The van der Waals surface area contributed by atoms with Crippen LogP contribution < -0.4 is 0 Å². The van der Waals surface area contributed by atoms with Crippen LogP contribution in [0.1, 0.15) is 258 Å². The smallest absolute Gasteiger partial charge is 0.306 e. The molecule has 0 aliphatic carbocycles. The van der Waals surface area contributed by atoms with Gasteiger partial charge in [-0.15, -0.1) is 0 Å². The highest BCUT2D eigenvalue weighted by atomic mass is 16.6. The normalized spacial score (nSPS) is 12.5. The predicted octanol–water partition coefficient (Wildman–Crippen LogP) is 17.3. The van der Waals surface area contributed by atoms with E-state index < -0.39 is 6.10 Å². The number of esters is 3. The Kier molecular flexibility index (Phi) is 48.4. The maximum atomic E-state index is 12.8. The van der Waals surface area contributed by atoms with E-state index in [-0.39, 0.29) is 37.5 Å². The molecule has 6 heteroatoms. The summed E-state index contributed by atoms with van der Waals surface area (Å²) in [7, 11) is 0. The molecule has 0 spiro atoms. The average Bonchev–Trinajstić information content (AvgIpc) is 3.27. The highest BCUT2D eigenvalue weighted by Crippen LogP contribution is 2.15. The zero-order valence-electron chi connectivity index (χ0n) is 40.9. The second kappa shape index (κ2) is 50.8. The van der Waals surface area contributed by atoms with Crippen LogP contribution in [0.3, 0.4) is 0 Å². The molecule has 6 nitrogen and oxygen atoms in total. The molecule has 0 rings (SSSR count). The summed E-state index contributed by atoms with van der Waals surface area (Å²) in [6.07, 6.45) is 62.1. The van der Waals surface area contributed by atoms with Gasteiger partial charge in [-0.25, -0.2) is 0 Å². The third-order valence-corrected chi connectivity index (χ3v) is 11.2. The van der Waals surface area contributed by atoms with Gasteiger partial charge in [0, 0.05) is 19.3 Å². The van der Waals surface area contributed by atoms with Gasteiger partial charge in [0.2, 0.25) is 0 Å². The van der Waals surface area contributed by atoms with Crippen LogP contribution in [-0.4, -0.2) is 37.2 Å². The average molecular weight is 867 g/mol. The molecule has 0 N–H and O–H groups in total. The highest BCUT2D eigenvalue weighted by Gasteiger charge is 2.19. The lowest BCUT2D eigenvalue weighted by Gasteiger charge is -2.18. The van der Waals surface area contributed by atoms with Crippen LogP contribution in [0.15, 0.2) is 60.8 Å². The van der Waals surface area contributed by atoms with Gasteiger partial charge < -0.3 is 14.2 Å². The first-order valence-corrected chi connectivity index (χ1v) is 26.3. The molecular weight excluding hydrogens is 769 g/mol. The van der Waals surface area contributed by atoms with Crippen molar-refractivity contribution in [1.82, 2.24) is 0 Å². The zero-order chi connectivity index (χ0) is 45.1. The van der Waals surface area contributed by atoms with Crippen molar-refractivity contribution < 1.29 is 28.6 Å². The molecule has 1 unspecified atom stereocenters. The van der Waals surface area contributed by atoms with Gasteiger partial charge in [-0.1, -0.05) is 223 Å². The van der Waals surface area contributed by atoms with Crippen molar-refractivity contribution in [2.24, 2.45) is 0 Å². The van der Waals surface area contributed by atoms with Crippen molar-refractivity contribution in [2.45, 2.75) is 264 Å². The van der Waals surface area contributed by atoms with E-state index in [0.29, 0.717) is 19.3 Å². The summed E-state index contributed by atoms with van der Waals surface area (Å²) in [5.41, 5.74) is 0. The molecule has 0 aliphatic heterocycles. The Morgan fingerprint density at radius 1 is 0.323 bits per heavy atom.